The van der Waals surface area contributed by atoms with E-state index in [9.17, 15) is 4.79 Å². The highest BCUT2D eigenvalue weighted by Gasteiger charge is 2.21. The largest absolute Gasteiger partial charge is 0.323 e. The summed E-state index contributed by atoms with van der Waals surface area (Å²) >= 11 is 0. The molecular weight excluding hydrogens is 190 g/mol. The normalized spacial score (nSPS) is 22.2. The molecule has 0 spiro atoms. The van der Waals surface area contributed by atoms with Crippen molar-refractivity contribution in [3.63, 3.8) is 0 Å². The van der Waals surface area contributed by atoms with Gasteiger partial charge in [0, 0.05) is 23.9 Å². The van der Waals surface area contributed by atoms with Crippen molar-refractivity contribution in [1.82, 2.24) is 15.3 Å². The number of imidazole rings is 1. The van der Waals surface area contributed by atoms with E-state index in [0.29, 0.717) is 11.8 Å². The summed E-state index contributed by atoms with van der Waals surface area (Å²) in [6.07, 6.45) is 2.36. The number of hydrogen-bond acceptors (Lipinski definition) is 2. The molecular formula is C11H19N3O. The van der Waals surface area contributed by atoms with Crippen LogP contribution in [-0.4, -0.2) is 23.1 Å². The van der Waals surface area contributed by atoms with E-state index in [1.54, 1.807) is 0 Å². The fourth-order valence-electron chi connectivity index (χ4n) is 2.29. The Hall–Kier alpha value is -1.03. The Morgan fingerprint density at radius 3 is 2.73 bits per heavy atom. The van der Waals surface area contributed by atoms with Gasteiger partial charge in [0.05, 0.1) is 0 Å². The fraction of sp³-hybridized carbons (Fsp3) is 0.727. The van der Waals surface area contributed by atoms with Crippen LogP contribution >= 0.6 is 0 Å². The molecule has 15 heavy (non-hydrogen) atoms. The van der Waals surface area contributed by atoms with Crippen molar-refractivity contribution >= 4 is 0 Å². The van der Waals surface area contributed by atoms with Gasteiger partial charge in [0.25, 0.3) is 0 Å². The van der Waals surface area contributed by atoms with Gasteiger partial charge in [-0.15, -0.1) is 0 Å². The lowest BCUT2D eigenvalue weighted by atomic mass is 9.92. The molecule has 0 radical (unpaired) electrons. The maximum atomic E-state index is 11.3. The van der Waals surface area contributed by atoms with Gasteiger partial charge in [0.1, 0.15) is 0 Å². The highest BCUT2D eigenvalue weighted by atomic mass is 16.1. The van der Waals surface area contributed by atoms with Gasteiger partial charge in [0.15, 0.2) is 0 Å². The Labute approximate surface area is 89.5 Å². The molecule has 0 aromatic carbocycles. The second kappa shape index (κ2) is 4.23. The minimum absolute atomic E-state index is 0.0701. The molecule has 4 nitrogen and oxygen atoms in total. The predicted octanol–water partition coefficient (Wildman–Crippen LogP) is 1.29. The molecule has 0 amide bonds. The topological polar surface area (TPSA) is 60.7 Å². The van der Waals surface area contributed by atoms with E-state index >= 15 is 0 Å². The molecule has 1 aliphatic heterocycles. The number of rotatable bonds is 2. The highest BCUT2D eigenvalue weighted by Crippen LogP contribution is 2.26. The lowest BCUT2D eigenvalue weighted by molar-refractivity contribution is 0.452. The van der Waals surface area contributed by atoms with Gasteiger partial charge in [0.2, 0.25) is 0 Å². The van der Waals surface area contributed by atoms with Crippen molar-refractivity contribution in [2.24, 2.45) is 0 Å². The number of H-pyrrole nitrogens is 2. The average Bonchev–Trinajstić information content (AvgIpc) is 2.62. The van der Waals surface area contributed by atoms with Crippen molar-refractivity contribution in [3.8, 4) is 0 Å². The summed E-state index contributed by atoms with van der Waals surface area (Å²) < 4.78 is 0. The van der Waals surface area contributed by atoms with Crippen LogP contribution in [0.5, 0.6) is 0 Å². The van der Waals surface area contributed by atoms with Crippen LogP contribution < -0.4 is 11.0 Å². The summed E-state index contributed by atoms with van der Waals surface area (Å²) in [5, 5.41) is 3.37. The molecule has 0 bridgehead atoms. The fourth-order valence-corrected chi connectivity index (χ4v) is 2.29. The van der Waals surface area contributed by atoms with Crippen LogP contribution in [0.1, 0.15) is 49.9 Å². The second-order valence-electron chi connectivity index (χ2n) is 4.60. The standard InChI is InChI=1S/C11H19N3O/c1-7(2)9-10(14-11(15)13-9)8-4-3-5-12-6-8/h7-8,12H,3-6H2,1-2H3,(H2,13,14,15). The Morgan fingerprint density at radius 2 is 2.13 bits per heavy atom. The van der Waals surface area contributed by atoms with E-state index in [4.69, 9.17) is 0 Å². The molecule has 1 saturated heterocycles. The average molecular weight is 209 g/mol. The third-order valence-corrected chi connectivity index (χ3v) is 3.07. The lowest BCUT2D eigenvalue weighted by Gasteiger charge is -2.23. The van der Waals surface area contributed by atoms with Crippen LogP contribution in [-0.2, 0) is 0 Å². The summed E-state index contributed by atoms with van der Waals surface area (Å²) in [6.45, 7) is 6.30. The third-order valence-electron chi connectivity index (χ3n) is 3.07. The molecule has 3 N–H and O–H groups in total. The van der Waals surface area contributed by atoms with Crippen molar-refractivity contribution in [2.45, 2.75) is 38.5 Å². The zero-order valence-electron chi connectivity index (χ0n) is 9.39. The molecule has 4 heteroatoms. The maximum absolute atomic E-state index is 11.3. The van der Waals surface area contributed by atoms with Crippen molar-refractivity contribution in [1.29, 1.82) is 0 Å². The number of aromatic amines is 2. The van der Waals surface area contributed by atoms with E-state index in [1.807, 2.05) is 0 Å². The first-order valence-corrected chi connectivity index (χ1v) is 5.71. The Morgan fingerprint density at radius 1 is 1.33 bits per heavy atom. The monoisotopic (exact) mass is 209 g/mol. The molecule has 84 valence electrons. The Kier molecular flexibility index (Phi) is 2.95. The van der Waals surface area contributed by atoms with Crippen LogP contribution in [0.3, 0.4) is 0 Å². The van der Waals surface area contributed by atoms with Crippen LogP contribution in [0, 0.1) is 0 Å². The van der Waals surface area contributed by atoms with Crippen LogP contribution in [0.2, 0.25) is 0 Å². The van der Waals surface area contributed by atoms with Crippen molar-refractivity contribution < 1.29 is 0 Å². The molecule has 1 fully saturated rings. The first-order chi connectivity index (χ1) is 7.18. The first kappa shape index (κ1) is 10.5. The number of hydrogen-bond donors (Lipinski definition) is 3. The number of aromatic nitrogens is 2. The van der Waals surface area contributed by atoms with Gasteiger partial charge in [-0.3, -0.25) is 0 Å². The van der Waals surface area contributed by atoms with Crippen LogP contribution in [0.4, 0.5) is 0 Å². The van der Waals surface area contributed by atoms with E-state index < -0.39 is 0 Å². The molecule has 1 atom stereocenters. The Bertz CT molecular complexity index is 371. The van der Waals surface area contributed by atoms with Crippen LogP contribution in [0.25, 0.3) is 0 Å². The van der Waals surface area contributed by atoms with Gasteiger partial charge < -0.3 is 15.3 Å². The number of piperidine rings is 1. The molecule has 1 aromatic heterocycles. The smallest absolute Gasteiger partial charge is 0.316 e. The van der Waals surface area contributed by atoms with Gasteiger partial charge in [-0.1, -0.05) is 13.8 Å². The minimum atomic E-state index is -0.0701. The highest BCUT2D eigenvalue weighted by molar-refractivity contribution is 5.20. The molecule has 0 aliphatic carbocycles. The minimum Gasteiger partial charge on any atom is -0.316 e. The van der Waals surface area contributed by atoms with Gasteiger partial charge in [-0.25, -0.2) is 4.79 Å². The van der Waals surface area contributed by atoms with Crippen LogP contribution in [0.15, 0.2) is 4.79 Å². The zero-order chi connectivity index (χ0) is 10.8. The zero-order valence-corrected chi connectivity index (χ0v) is 9.39. The summed E-state index contributed by atoms with van der Waals surface area (Å²) in [5.74, 6) is 0.843. The molecule has 1 unspecified atom stereocenters. The SMILES string of the molecule is CC(C)c1[nH]c(=O)[nH]c1C1CCCNC1. The van der Waals surface area contributed by atoms with E-state index in [2.05, 4.69) is 29.1 Å². The van der Waals surface area contributed by atoms with Gasteiger partial charge in [-0.05, 0) is 25.3 Å². The maximum Gasteiger partial charge on any atom is 0.323 e. The predicted molar refractivity (Wildman–Crippen MR) is 60.3 cm³/mol. The lowest BCUT2D eigenvalue weighted by Crippen LogP contribution is -2.29. The first-order valence-electron chi connectivity index (χ1n) is 5.71. The van der Waals surface area contributed by atoms with Gasteiger partial charge in [-0.2, -0.15) is 0 Å². The molecule has 2 heterocycles. The van der Waals surface area contributed by atoms with E-state index in [-0.39, 0.29) is 5.69 Å². The quantitative estimate of drug-likeness (QED) is 0.687. The third kappa shape index (κ3) is 2.15. The Balaban J connectivity index is 2.29. The van der Waals surface area contributed by atoms with Crippen molar-refractivity contribution in [2.75, 3.05) is 13.1 Å². The van der Waals surface area contributed by atoms with Gasteiger partial charge >= 0.3 is 5.69 Å². The van der Waals surface area contributed by atoms with Crippen molar-refractivity contribution in [3.05, 3.63) is 21.9 Å². The summed E-state index contributed by atoms with van der Waals surface area (Å²) in [5.41, 5.74) is 2.12. The molecule has 1 aliphatic rings. The molecule has 2 rings (SSSR count). The molecule has 0 saturated carbocycles. The van der Waals surface area contributed by atoms with E-state index in [0.717, 1.165) is 24.5 Å². The second-order valence-corrected chi connectivity index (χ2v) is 4.60. The molecule has 1 aromatic rings. The van der Waals surface area contributed by atoms with E-state index in [1.165, 1.54) is 12.8 Å². The summed E-state index contributed by atoms with van der Waals surface area (Å²) in [4.78, 5) is 17.2. The summed E-state index contributed by atoms with van der Waals surface area (Å²) in [7, 11) is 0. The number of nitrogens with one attached hydrogen (secondary N) is 3. The summed E-state index contributed by atoms with van der Waals surface area (Å²) in [6, 6.07) is 0.